The zero-order valence-electron chi connectivity index (χ0n) is 18.1. The van der Waals surface area contributed by atoms with Gasteiger partial charge in [0.1, 0.15) is 17.2 Å². The lowest BCUT2D eigenvalue weighted by Crippen LogP contribution is -2.48. The predicted molar refractivity (Wildman–Crippen MR) is 117 cm³/mol. The number of benzene rings is 1. The van der Waals surface area contributed by atoms with E-state index in [4.69, 9.17) is 4.74 Å². The number of hydrogen-bond donors (Lipinski definition) is 1. The number of piperazine rings is 1. The molecular formula is C22H26FN5O4. The molecule has 0 bridgehead atoms. The van der Waals surface area contributed by atoms with Gasteiger partial charge in [0.15, 0.2) is 5.78 Å². The minimum atomic E-state index is -0.561. The monoisotopic (exact) mass is 443 g/mol. The summed E-state index contributed by atoms with van der Waals surface area (Å²) in [7, 11) is 0. The molecule has 2 amide bonds. The highest BCUT2D eigenvalue weighted by molar-refractivity contribution is 5.92. The quantitative estimate of drug-likeness (QED) is 0.381. The Labute approximate surface area is 185 Å². The molecule has 1 N–H and O–H groups in total. The number of pyridine rings is 1. The third-order valence-corrected chi connectivity index (χ3v) is 5.05. The minimum absolute atomic E-state index is 0.0679. The van der Waals surface area contributed by atoms with Crippen molar-refractivity contribution >= 4 is 29.7 Å². The molecule has 1 aliphatic rings. The van der Waals surface area contributed by atoms with Crippen molar-refractivity contribution < 1.29 is 23.5 Å². The molecule has 1 saturated heterocycles. The smallest absolute Gasteiger partial charge is 0.409 e. The molecule has 2 aromatic rings. The lowest BCUT2D eigenvalue weighted by atomic mass is 10.1. The summed E-state index contributed by atoms with van der Waals surface area (Å²) in [4.78, 5) is 42.7. The Morgan fingerprint density at radius 3 is 2.56 bits per heavy atom. The van der Waals surface area contributed by atoms with Crippen LogP contribution < -0.4 is 10.4 Å². The first-order chi connectivity index (χ1) is 15.4. The van der Waals surface area contributed by atoms with Gasteiger partial charge in [0.25, 0.3) is 0 Å². The number of Topliss-reactive ketones (excluding diaryl/α,β-unsaturated/α-hetero) is 1. The normalized spacial score (nSPS) is 14.0. The number of carbonyl (C=O) groups is 3. The molecule has 170 valence electrons. The maximum absolute atomic E-state index is 14.5. The highest BCUT2D eigenvalue weighted by Crippen LogP contribution is 2.22. The van der Waals surface area contributed by atoms with E-state index in [0.29, 0.717) is 57.1 Å². The molecule has 9 nitrogen and oxygen atoms in total. The molecule has 1 fully saturated rings. The molecule has 10 heteroatoms. The number of carbonyl (C=O) groups excluding carboxylic acids is 3. The average molecular weight is 443 g/mol. The maximum Gasteiger partial charge on any atom is 0.409 e. The number of halogens is 1. The Balaban J connectivity index is 1.66. The predicted octanol–water partition coefficient (Wildman–Crippen LogP) is 2.69. The Kier molecular flexibility index (Phi) is 7.72. The fraction of sp³-hybridized carbons (Fsp3) is 0.364. The first kappa shape index (κ1) is 23.1. The largest absolute Gasteiger partial charge is 0.450 e. The van der Waals surface area contributed by atoms with Crippen molar-refractivity contribution in [2.75, 3.05) is 43.2 Å². The molecule has 0 aliphatic carbocycles. The lowest BCUT2D eigenvalue weighted by molar-refractivity contribution is -0.107. The van der Waals surface area contributed by atoms with Gasteiger partial charge in [-0.05, 0) is 36.8 Å². The third-order valence-electron chi connectivity index (χ3n) is 5.05. The summed E-state index contributed by atoms with van der Waals surface area (Å²) in [5, 5.41) is 1.03. The van der Waals surface area contributed by atoms with E-state index in [0.717, 1.165) is 10.6 Å². The van der Waals surface area contributed by atoms with E-state index in [1.807, 2.05) is 0 Å². The highest BCUT2D eigenvalue weighted by atomic mass is 19.1. The molecular weight excluding hydrogens is 417 g/mol. The standard InChI is InChI=1S/C22H26FN5O4/c1-3-32-22(31)27-10-8-26(9-11-27)14-17-4-6-19(23)21(12-17)28(15-29)25-18-5-7-20(16(2)30)24-13-18/h4-7,12-13,15,25H,3,8-11,14H2,1-2H3. The van der Waals surface area contributed by atoms with Crippen LogP contribution in [0.1, 0.15) is 29.9 Å². The fourth-order valence-corrected chi connectivity index (χ4v) is 3.35. The molecule has 0 unspecified atom stereocenters. The van der Waals surface area contributed by atoms with Crippen LogP contribution in [-0.4, -0.2) is 65.9 Å². The third kappa shape index (κ3) is 5.79. The van der Waals surface area contributed by atoms with E-state index in [2.05, 4.69) is 15.3 Å². The van der Waals surface area contributed by atoms with Crippen molar-refractivity contribution in [2.24, 2.45) is 0 Å². The number of nitrogens with zero attached hydrogens (tertiary/aromatic N) is 4. The van der Waals surface area contributed by atoms with Crippen LogP contribution in [0, 0.1) is 5.82 Å². The van der Waals surface area contributed by atoms with Crippen molar-refractivity contribution in [3.8, 4) is 0 Å². The van der Waals surface area contributed by atoms with Gasteiger partial charge in [0.05, 0.1) is 18.5 Å². The minimum Gasteiger partial charge on any atom is -0.450 e. The zero-order chi connectivity index (χ0) is 23.1. The van der Waals surface area contributed by atoms with Gasteiger partial charge in [0.2, 0.25) is 6.41 Å². The van der Waals surface area contributed by atoms with Crippen LogP contribution in [0.15, 0.2) is 36.5 Å². The van der Waals surface area contributed by atoms with Crippen LogP contribution in [0.5, 0.6) is 0 Å². The summed E-state index contributed by atoms with van der Waals surface area (Å²) in [5.41, 5.74) is 4.41. The molecule has 0 spiro atoms. The molecule has 0 radical (unpaired) electrons. The summed E-state index contributed by atoms with van der Waals surface area (Å²) in [6, 6.07) is 7.70. The number of ether oxygens (including phenoxy) is 1. The topological polar surface area (TPSA) is 95.1 Å². The van der Waals surface area contributed by atoms with Gasteiger partial charge in [-0.2, -0.15) is 0 Å². The summed E-state index contributed by atoms with van der Waals surface area (Å²) in [6.07, 6.45) is 1.56. The molecule has 3 rings (SSSR count). The summed E-state index contributed by atoms with van der Waals surface area (Å²) in [6.45, 7) is 6.50. The fourth-order valence-electron chi connectivity index (χ4n) is 3.35. The van der Waals surface area contributed by atoms with E-state index < -0.39 is 5.82 Å². The Bertz CT molecular complexity index is 961. The summed E-state index contributed by atoms with van der Waals surface area (Å²) in [5.74, 6) is -0.737. The molecule has 2 heterocycles. The van der Waals surface area contributed by atoms with E-state index in [9.17, 15) is 18.8 Å². The van der Waals surface area contributed by atoms with Gasteiger partial charge >= 0.3 is 6.09 Å². The van der Waals surface area contributed by atoms with E-state index in [1.165, 1.54) is 25.3 Å². The molecule has 1 aromatic carbocycles. The first-order valence-corrected chi connectivity index (χ1v) is 10.3. The summed E-state index contributed by atoms with van der Waals surface area (Å²) < 4.78 is 19.5. The molecule has 1 aromatic heterocycles. The second-order valence-electron chi connectivity index (χ2n) is 7.32. The molecule has 0 atom stereocenters. The van der Waals surface area contributed by atoms with E-state index in [-0.39, 0.29) is 17.6 Å². The number of aromatic nitrogens is 1. The van der Waals surface area contributed by atoms with Crippen LogP contribution in [0.2, 0.25) is 0 Å². The van der Waals surface area contributed by atoms with Crippen LogP contribution in [-0.2, 0) is 16.1 Å². The van der Waals surface area contributed by atoms with Gasteiger partial charge in [0, 0.05) is 39.6 Å². The van der Waals surface area contributed by atoms with E-state index >= 15 is 0 Å². The van der Waals surface area contributed by atoms with Crippen molar-refractivity contribution in [1.29, 1.82) is 0 Å². The number of ketones is 1. The van der Waals surface area contributed by atoms with Crippen LogP contribution >= 0.6 is 0 Å². The Morgan fingerprint density at radius 2 is 1.97 bits per heavy atom. The second-order valence-corrected chi connectivity index (χ2v) is 7.32. The van der Waals surface area contributed by atoms with Gasteiger partial charge < -0.3 is 9.64 Å². The highest BCUT2D eigenvalue weighted by Gasteiger charge is 2.22. The van der Waals surface area contributed by atoms with Crippen LogP contribution in [0.3, 0.4) is 0 Å². The summed E-state index contributed by atoms with van der Waals surface area (Å²) >= 11 is 0. The van der Waals surface area contributed by atoms with Crippen molar-refractivity contribution in [2.45, 2.75) is 20.4 Å². The van der Waals surface area contributed by atoms with Crippen LogP contribution in [0.4, 0.5) is 20.6 Å². The number of amides is 2. The van der Waals surface area contributed by atoms with Gasteiger partial charge in [-0.3, -0.25) is 24.9 Å². The molecule has 0 saturated carbocycles. The average Bonchev–Trinajstić information content (AvgIpc) is 2.80. The van der Waals surface area contributed by atoms with Crippen molar-refractivity contribution in [3.63, 3.8) is 0 Å². The number of hydrazine groups is 1. The number of hydrogen-bond acceptors (Lipinski definition) is 7. The van der Waals surface area contributed by atoms with Gasteiger partial charge in [-0.15, -0.1) is 0 Å². The van der Waals surface area contributed by atoms with Gasteiger partial charge in [-0.1, -0.05) is 6.07 Å². The molecule has 32 heavy (non-hydrogen) atoms. The van der Waals surface area contributed by atoms with Crippen LogP contribution in [0.25, 0.3) is 0 Å². The van der Waals surface area contributed by atoms with E-state index in [1.54, 1.807) is 30.0 Å². The zero-order valence-corrected chi connectivity index (χ0v) is 18.1. The number of nitrogens with one attached hydrogen (secondary N) is 1. The lowest BCUT2D eigenvalue weighted by Gasteiger charge is -2.34. The second kappa shape index (κ2) is 10.7. The number of rotatable bonds is 8. The first-order valence-electron chi connectivity index (χ1n) is 10.3. The number of anilines is 2. The van der Waals surface area contributed by atoms with Crippen molar-refractivity contribution in [1.82, 2.24) is 14.8 Å². The maximum atomic E-state index is 14.5. The SMILES string of the molecule is CCOC(=O)N1CCN(Cc2ccc(F)c(N(C=O)Nc3ccc(C(C)=O)nc3)c2)CC1. The molecule has 1 aliphatic heterocycles. The Morgan fingerprint density at radius 1 is 1.22 bits per heavy atom. The Hall–Kier alpha value is -3.53. The van der Waals surface area contributed by atoms with Gasteiger partial charge in [-0.25, -0.2) is 14.2 Å². The van der Waals surface area contributed by atoms with Crippen molar-refractivity contribution in [3.05, 3.63) is 53.6 Å².